The normalized spacial score (nSPS) is 11.6. The van der Waals surface area contributed by atoms with Gasteiger partial charge >= 0.3 is 0 Å². The number of nitrogens with one attached hydrogen (secondary N) is 1. The minimum absolute atomic E-state index is 0.0100. The Labute approximate surface area is 105 Å². The molecule has 8 heteroatoms. The van der Waals surface area contributed by atoms with Gasteiger partial charge in [0, 0.05) is 0 Å². The Kier molecular flexibility index (Phi) is 4.55. The number of anilines is 1. The second kappa shape index (κ2) is 5.31. The molecule has 0 aliphatic carbocycles. The molecule has 0 radical (unpaired) electrons. The third-order valence-corrected chi connectivity index (χ3v) is 2.59. The van der Waals surface area contributed by atoms with Crippen LogP contribution in [0.3, 0.4) is 0 Å². The summed E-state index contributed by atoms with van der Waals surface area (Å²) in [5.74, 6) is -3.26. The van der Waals surface area contributed by atoms with E-state index in [0.29, 0.717) is 0 Å². The molecule has 0 spiro atoms. The van der Waals surface area contributed by atoms with Crippen molar-refractivity contribution >= 4 is 40.6 Å². The van der Waals surface area contributed by atoms with Crippen molar-refractivity contribution in [3.63, 3.8) is 0 Å². The number of hydrogen-bond acceptors (Lipinski definition) is 3. The lowest BCUT2D eigenvalue weighted by Gasteiger charge is -2.15. The highest BCUT2D eigenvalue weighted by Gasteiger charge is 2.27. The molecule has 16 heavy (non-hydrogen) atoms. The maximum atomic E-state index is 12.7. The van der Waals surface area contributed by atoms with Crippen LogP contribution < -0.4 is 5.32 Å². The summed E-state index contributed by atoms with van der Waals surface area (Å²) in [6.45, 7) is -2.06. The molecule has 1 aromatic rings. The maximum Gasteiger partial charge on any atom is 0.287 e. The van der Waals surface area contributed by atoms with Gasteiger partial charge in [-0.3, -0.25) is 0 Å². The average molecular weight is 292 g/mol. The summed E-state index contributed by atoms with van der Waals surface area (Å²) >= 11 is 16.9. The molecule has 0 bridgehead atoms. The number of rotatable bonds is 4. The topological polar surface area (TPSA) is 45.1 Å². The Morgan fingerprint density at radius 2 is 1.94 bits per heavy atom. The van der Waals surface area contributed by atoms with E-state index in [1.165, 1.54) is 6.07 Å². The fraction of sp³-hybridized carbons (Fsp3) is 0.375. The maximum absolute atomic E-state index is 12.7. The molecule has 0 fully saturated rings. The van der Waals surface area contributed by atoms with Crippen LogP contribution in [0.15, 0.2) is 6.07 Å². The lowest BCUT2D eigenvalue weighted by atomic mass is 10.3. The second-order valence-corrected chi connectivity index (χ2v) is 4.13. The molecule has 0 aliphatic heterocycles. The number of nitrogens with zero attached hydrogens (tertiary/aromatic N) is 1. The fourth-order valence-corrected chi connectivity index (χ4v) is 1.40. The number of aliphatic hydroxyl groups is 1. The molecule has 1 heterocycles. The molecule has 0 atom stereocenters. The van der Waals surface area contributed by atoms with Gasteiger partial charge < -0.3 is 10.4 Å². The van der Waals surface area contributed by atoms with Crippen LogP contribution in [0.5, 0.6) is 0 Å². The van der Waals surface area contributed by atoms with Crippen LogP contribution >= 0.6 is 34.8 Å². The molecular weight excluding hydrogens is 284 g/mol. The van der Waals surface area contributed by atoms with Gasteiger partial charge in [0.05, 0.1) is 16.6 Å². The molecule has 1 aromatic heterocycles. The fourth-order valence-electron chi connectivity index (χ4n) is 0.837. The Hall–Kier alpha value is -0.360. The molecule has 0 aromatic carbocycles. The van der Waals surface area contributed by atoms with Gasteiger partial charge in [0.15, 0.2) is 0 Å². The van der Waals surface area contributed by atoms with Crippen molar-refractivity contribution in [2.75, 3.05) is 18.5 Å². The molecule has 0 saturated carbocycles. The average Bonchev–Trinajstić information content (AvgIpc) is 2.22. The number of aliphatic hydroxyl groups excluding tert-OH is 1. The number of alkyl halides is 2. The predicted octanol–water partition coefficient (Wildman–Crippen LogP) is 3.08. The highest BCUT2D eigenvalue weighted by molar-refractivity contribution is 6.42. The van der Waals surface area contributed by atoms with Crippen LogP contribution in [-0.2, 0) is 0 Å². The van der Waals surface area contributed by atoms with Crippen LogP contribution in [0, 0.1) is 0 Å². The highest BCUT2D eigenvalue weighted by Crippen LogP contribution is 2.29. The zero-order valence-electron chi connectivity index (χ0n) is 7.78. The number of halogens is 5. The van der Waals surface area contributed by atoms with Crippen molar-refractivity contribution in [1.82, 2.24) is 4.98 Å². The molecule has 0 saturated heterocycles. The minimum Gasteiger partial charge on any atom is -0.390 e. The van der Waals surface area contributed by atoms with E-state index in [1.807, 2.05) is 0 Å². The van der Waals surface area contributed by atoms with Crippen molar-refractivity contribution in [3.05, 3.63) is 21.3 Å². The standard InChI is InChI=1S/C8H7Cl3F2N2O/c9-4-1-5(10)7(15-6(4)11)14-2-8(12,13)3-16/h1,16H,2-3H2,(H,14,15). The van der Waals surface area contributed by atoms with Crippen molar-refractivity contribution in [2.45, 2.75) is 5.92 Å². The largest absolute Gasteiger partial charge is 0.390 e. The van der Waals surface area contributed by atoms with Gasteiger partial charge in [-0.15, -0.1) is 0 Å². The van der Waals surface area contributed by atoms with Gasteiger partial charge in [0.25, 0.3) is 5.92 Å². The summed E-state index contributed by atoms with van der Waals surface area (Å²) < 4.78 is 25.4. The molecule has 0 amide bonds. The first kappa shape index (κ1) is 13.7. The smallest absolute Gasteiger partial charge is 0.287 e. The van der Waals surface area contributed by atoms with Crippen LogP contribution in [0.4, 0.5) is 14.6 Å². The Morgan fingerprint density at radius 1 is 1.31 bits per heavy atom. The van der Waals surface area contributed by atoms with E-state index < -0.39 is 19.1 Å². The van der Waals surface area contributed by atoms with Gasteiger partial charge in [-0.05, 0) is 6.07 Å². The van der Waals surface area contributed by atoms with Crippen LogP contribution in [0.25, 0.3) is 0 Å². The van der Waals surface area contributed by atoms with E-state index in [2.05, 4.69) is 10.3 Å². The van der Waals surface area contributed by atoms with E-state index in [4.69, 9.17) is 39.9 Å². The first-order valence-corrected chi connectivity index (χ1v) is 5.23. The van der Waals surface area contributed by atoms with E-state index in [-0.39, 0.29) is 21.0 Å². The first-order chi connectivity index (χ1) is 7.35. The third-order valence-electron chi connectivity index (χ3n) is 1.63. The third kappa shape index (κ3) is 3.59. The summed E-state index contributed by atoms with van der Waals surface area (Å²) in [6, 6.07) is 1.29. The number of pyridine rings is 1. The van der Waals surface area contributed by atoms with Crippen LogP contribution in [-0.4, -0.2) is 29.2 Å². The van der Waals surface area contributed by atoms with Crippen LogP contribution in [0.2, 0.25) is 15.2 Å². The zero-order valence-corrected chi connectivity index (χ0v) is 10.0. The number of aromatic nitrogens is 1. The summed E-state index contributed by atoms with van der Waals surface area (Å²) in [5.41, 5.74) is 0. The molecule has 2 N–H and O–H groups in total. The molecule has 0 unspecified atom stereocenters. The molecule has 3 nitrogen and oxygen atoms in total. The van der Waals surface area contributed by atoms with E-state index in [0.717, 1.165) is 0 Å². The van der Waals surface area contributed by atoms with Gasteiger partial charge in [0.1, 0.15) is 17.6 Å². The summed E-state index contributed by atoms with van der Waals surface area (Å²) in [7, 11) is 0. The zero-order chi connectivity index (χ0) is 12.3. The Bertz CT molecular complexity index is 390. The minimum atomic E-state index is -3.25. The van der Waals surface area contributed by atoms with E-state index >= 15 is 0 Å². The van der Waals surface area contributed by atoms with Crippen molar-refractivity contribution in [3.8, 4) is 0 Å². The van der Waals surface area contributed by atoms with Crippen molar-refractivity contribution in [1.29, 1.82) is 0 Å². The van der Waals surface area contributed by atoms with Crippen LogP contribution in [0.1, 0.15) is 0 Å². The van der Waals surface area contributed by atoms with E-state index in [9.17, 15) is 8.78 Å². The van der Waals surface area contributed by atoms with Gasteiger partial charge in [-0.2, -0.15) is 0 Å². The summed E-state index contributed by atoms with van der Waals surface area (Å²) in [4.78, 5) is 3.69. The van der Waals surface area contributed by atoms with Gasteiger partial charge in [0.2, 0.25) is 0 Å². The summed E-state index contributed by atoms with van der Waals surface area (Å²) in [5, 5.41) is 10.8. The number of hydrogen-bond donors (Lipinski definition) is 2. The second-order valence-electron chi connectivity index (χ2n) is 2.96. The Balaban J connectivity index is 2.79. The SMILES string of the molecule is OCC(F)(F)CNc1nc(Cl)c(Cl)cc1Cl. The lowest BCUT2D eigenvalue weighted by Crippen LogP contribution is -2.31. The van der Waals surface area contributed by atoms with Gasteiger partial charge in [-0.1, -0.05) is 34.8 Å². The van der Waals surface area contributed by atoms with Crippen molar-refractivity contribution in [2.24, 2.45) is 0 Å². The van der Waals surface area contributed by atoms with E-state index in [1.54, 1.807) is 0 Å². The predicted molar refractivity (Wildman–Crippen MR) is 59.8 cm³/mol. The molecule has 0 aliphatic rings. The highest BCUT2D eigenvalue weighted by atomic mass is 35.5. The quantitative estimate of drug-likeness (QED) is 0.838. The molecule has 90 valence electrons. The first-order valence-electron chi connectivity index (χ1n) is 4.10. The Morgan fingerprint density at radius 3 is 2.50 bits per heavy atom. The monoisotopic (exact) mass is 290 g/mol. The molecule has 1 rings (SSSR count). The lowest BCUT2D eigenvalue weighted by molar-refractivity contribution is -0.0373. The van der Waals surface area contributed by atoms with Gasteiger partial charge in [-0.25, -0.2) is 13.8 Å². The summed E-state index contributed by atoms with van der Waals surface area (Å²) in [6.07, 6.45) is 0. The molecular formula is C8H7Cl3F2N2O. The van der Waals surface area contributed by atoms with Crippen molar-refractivity contribution < 1.29 is 13.9 Å².